The molecule has 0 aromatic heterocycles. The number of benzene rings is 2. The standard InChI is InChI=1S/C15H12O5/c1-7-3-8-4-9-5-10(19-2)6-11(16)12(9)14(17)13(8)15(18)20-7/h4-6,16-17H,1,3H2,2H3. The van der Waals surface area contributed by atoms with E-state index in [1.54, 1.807) is 12.1 Å². The van der Waals surface area contributed by atoms with Crippen LogP contribution in [-0.2, 0) is 11.2 Å². The molecule has 5 nitrogen and oxygen atoms in total. The molecule has 0 aliphatic carbocycles. The number of hydrogen-bond donors (Lipinski definition) is 2. The largest absolute Gasteiger partial charge is 0.507 e. The van der Waals surface area contributed by atoms with Crippen LogP contribution in [0.1, 0.15) is 15.9 Å². The monoisotopic (exact) mass is 272 g/mol. The number of cyclic esters (lactones) is 1. The Morgan fingerprint density at radius 3 is 2.75 bits per heavy atom. The summed E-state index contributed by atoms with van der Waals surface area (Å²) in [5.74, 6) is -0.308. The molecule has 0 bridgehead atoms. The second-order valence-corrected chi connectivity index (χ2v) is 4.61. The summed E-state index contributed by atoms with van der Waals surface area (Å²) in [5, 5.41) is 21.0. The van der Waals surface area contributed by atoms with Gasteiger partial charge in [0.25, 0.3) is 0 Å². The molecule has 0 fully saturated rings. The predicted octanol–water partition coefficient (Wildman–Crippen LogP) is 2.49. The van der Waals surface area contributed by atoms with Crippen LogP contribution < -0.4 is 4.74 Å². The van der Waals surface area contributed by atoms with Crippen molar-refractivity contribution in [3.05, 3.63) is 41.7 Å². The number of phenolic OH excluding ortho intramolecular Hbond substituents is 2. The lowest BCUT2D eigenvalue weighted by atomic mass is 9.94. The molecule has 0 atom stereocenters. The van der Waals surface area contributed by atoms with Gasteiger partial charge in [-0.15, -0.1) is 0 Å². The summed E-state index contributed by atoms with van der Waals surface area (Å²) in [5.41, 5.74) is 0.689. The van der Waals surface area contributed by atoms with Gasteiger partial charge in [0.1, 0.15) is 28.6 Å². The number of fused-ring (bicyclic) bond motifs is 2. The first-order chi connectivity index (χ1) is 9.51. The minimum atomic E-state index is -0.661. The average molecular weight is 272 g/mol. The lowest BCUT2D eigenvalue weighted by Crippen LogP contribution is -2.16. The first kappa shape index (κ1) is 12.3. The van der Waals surface area contributed by atoms with Crippen molar-refractivity contribution in [1.29, 1.82) is 0 Å². The lowest BCUT2D eigenvalue weighted by molar-refractivity contribution is 0.0597. The molecule has 0 amide bonds. The van der Waals surface area contributed by atoms with E-state index in [4.69, 9.17) is 9.47 Å². The number of esters is 1. The van der Waals surface area contributed by atoms with Gasteiger partial charge in [0.05, 0.1) is 12.5 Å². The SMILES string of the molecule is C=C1Cc2cc3cc(OC)cc(O)c3c(O)c2C(=O)O1. The highest BCUT2D eigenvalue weighted by Gasteiger charge is 2.27. The van der Waals surface area contributed by atoms with Crippen LogP contribution >= 0.6 is 0 Å². The molecule has 0 spiro atoms. The molecule has 102 valence electrons. The van der Waals surface area contributed by atoms with E-state index in [2.05, 4.69) is 6.58 Å². The van der Waals surface area contributed by atoms with Gasteiger partial charge in [-0.25, -0.2) is 4.79 Å². The number of allylic oxidation sites excluding steroid dienone is 1. The summed E-state index contributed by atoms with van der Waals surface area (Å²) < 4.78 is 10.0. The smallest absolute Gasteiger partial charge is 0.347 e. The van der Waals surface area contributed by atoms with Gasteiger partial charge >= 0.3 is 5.97 Å². The maximum absolute atomic E-state index is 11.8. The van der Waals surface area contributed by atoms with E-state index in [1.807, 2.05) is 0 Å². The topological polar surface area (TPSA) is 76.0 Å². The Balaban J connectivity index is 2.38. The maximum atomic E-state index is 11.8. The van der Waals surface area contributed by atoms with Crippen LogP contribution in [0, 0.1) is 0 Å². The molecule has 2 N–H and O–H groups in total. The first-order valence-corrected chi connectivity index (χ1v) is 5.96. The summed E-state index contributed by atoms with van der Waals surface area (Å²) in [6, 6.07) is 4.78. The van der Waals surface area contributed by atoms with Crippen molar-refractivity contribution < 1.29 is 24.5 Å². The molecule has 5 heteroatoms. The van der Waals surface area contributed by atoms with Crippen LogP contribution in [0.3, 0.4) is 0 Å². The van der Waals surface area contributed by atoms with Crippen molar-refractivity contribution in [3.8, 4) is 17.2 Å². The van der Waals surface area contributed by atoms with Gasteiger partial charge in [-0.2, -0.15) is 0 Å². The number of methoxy groups -OCH3 is 1. The number of carbonyl (C=O) groups excluding carboxylic acids is 1. The number of phenols is 2. The van der Waals surface area contributed by atoms with E-state index >= 15 is 0 Å². The fourth-order valence-electron chi connectivity index (χ4n) is 2.45. The Morgan fingerprint density at radius 2 is 2.05 bits per heavy atom. The van der Waals surface area contributed by atoms with Crippen LogP contribution in [-0.4, -0.2) is 23.3 Å². The summed E-state index contributed by atoms with van der Waals surface area (Å²) in [6.45, 7) is 3.63. The van der Waals surface area contributed by atoms with Gasteiger partial charge in [0.15, 0.2) is 0 Å². The highest BCUT2D eigenvalue weighted by Crippen LogP contribution is 2.42. The maximum Gasteiger partial charge on any atom is 0.347 e. The van der Waals surface area contributed by atoms with Crippen LogP contribution in [0.4, 0.5) is 0 Å². The number of rotatable bonds is 1. The number of hydrogen-bond acceptors (Lipinski definition) is 5. The van der Waals surface area contributed by atoms with E-state index < -0.39 is 5.97 Å². The molecule has 2 aromatic rings. The van der Waals surface area contributed by atoms with Crippen molar-refractivity contribution in [2.24, 2.45) is 0 Å². The summed E-state index contributed by atoms with van der Waals surface area (Å²) in [7, 11) is 1.48. The van der Waals surface area contributed by atoms with Crippen molar-refractivity contribution in [2.75, 3.05) is 7.11 Å². The molecule has 0 radical (unpaired) electrons. The number of ether oxygens (including phenoxy) is 2. The van der Waals surface area contributed by atoms with Crippen molar-refractivity contribution in [3.63, 3.8) is 0 Å². The van der Waals surface area contributed by atoms with Crippen molar-refractivity contribution in [1.82, 2.24) is 0 Å². The molecule has 3 rings (SSSR count). The Labute approximate surface area is 114 Å². The molecular weight excluding hydrogens is 260 g/mol. The van der Waals surface area contributed by atoms with Gasteiger partial charge in [0.2, 0.25) is 0 Å². The highest BCUT2D eigenvalue weighted by molar-refractivity contribution is 6.06. The summed E-state index contributed by atoms with van der Waals surface area (Å²) in [4.78, 5) is 11.8. The normalized spacial score (nSPS) is 14.1. The number of aromatic hydroxyl groups is 2. The Hall–Kier alpha value is -2.69. The van der Waals surface area contributed by atoms with Crippen molar-refractivity contribution >= 4 is 16.7 Å². The molecular formula is C15H12O5. The molecule has 0 saturated heterocycles. The fraction of sp³-hybridized carbons (Fsp3) is 0.133. The molecule has 2 aromatic carbocycles. The van der Waals surface area contributed by atoms with E-state index in [0.717, 1.165) is 0 Å². The van der Waals surface area contributed by atoms with Crippen LogP contribution in [0.2, 0.25) is 0 Å². The van der Waals surface area contributed by atoms with Crippen molar-refractivity contribution in [2.45, 2.75) is 6.42 Å². The number of carbonyl (C=O) groups is 1. The Bertz CT molecular complexity index is 761. The van der Waals surface area contributed by atoms with Gasteiger partial charge in [0, 0.05) is 12.5 Å². The zero-order valence-corrected chi connectivity index (χ0v) is 10.8. The quantitative estimate of drug-likeness (QED) is 0.780. The van der Waals surface area contributed by atoms with E-state index in [9.17, 15) is 15.0 Å². The van der Waals surface area contributed by atoms with Gasteiger partial charge < -0.3 is 19.7 Å². The van der Waals surface area contributed by atoms with E-state index in [-0.39, 0.29) is 22.4 Å². The molecule has 1 aliphatic heterocycles. The minimum absolute atomic E-state index is 0.0744. The van der Waals surface area contributed by atoms with Gasteiger partial charge in [-0.1, -0.05) is 6.58 Å². The predicted molar refractivity (Wildman–Crippen MR) is 72.1 cm³/mol. The molecule has 1 heterocycles. The third kappa shape index (κ3) is 1.67. The minimum Gasteiger partial charge on any atom is -0.507 e. The fourth-order valence-corrected chi connectivity index (χ4v) is 2.45. The van der Waals surface area contributed by atoms with E-state index in [1.165, 1.54) is 13.2 Å². The third-order valence-corrected chi connectivity index (χ3v) is 3.31. The second kappa shape index (κ2) is 4.16. The Morgan fingerprint density at radius 1 is 1.30 bits per heavy atom. The van der Waals surface area contributed by atoms with Gasteiger partial charge in [-0.3, -0.25) is 0 Å². The molecule has 1 aliphatic rings. The molecule has 0 saturated carbocycles. The second-order valence-electron chi connectivity index (χ2n) is 4.61. The lowest BCUT2D eigenvalue weighted by Gasteiger charge is -2.20. The average Bonchev–Trinajstić information content (AvgIpc) is 2.36. The molecule has 20 heavy (non-hydrogen) atoms. The van der Waals surface area contributed by atoms with Gasteiger partial charge in [-0.05, 0) is 23.1 Å². The summed E-state index contributed by atoms with van der Waals surface area (Å²) in [6.07, 6.45) is 0.336. The Kier molecular flexibility index (Phi) is 2.57. The highest BCUT2D eigenvalue weighted by atomic mass is 16.5. The van der Waals surface area contributed by atoms with Crippen LogP contribution in [0.15, 0.2) is 30.5 Å². The summed E-state index contributed by atoms with van der Waals surface area (Å²) >= 11 is 0. The third-order valence-electron chi connectivity index (χ3n) is 3.31. The van der Waals surface area contributed by atoms with Crippen LogP contribution in [0.25, 0.3) is 10.8 Å². The van der Waals surface area contributed by atoms with E-state index in [0.29, 0.717) is 28.9 Å². The van der Waals surface area contributed by atoms with Crippen LogP contribution in [0.5, 0.6) is 17.2 Å². The zero-order valence-electron chi connectivity index (χ0n) is 10.8. The zero-order chi connectivity index (χ0) is 14.4. The first-order valence-electron chi connectivity index (χ1n) is 5.96. The molecule has 0 unspecified atom stereocenters.